The van der Waals surface area contributed by atoms with Crippen LogP contribution in [0.2, 0.25) is 5.28 Å². The van der Waals surface area contributed by atoms with Gasteiger partial charge in [0.1, 0.15) is 0 Å². The summed E-state index contributed by atoms with van der Waals surface area (Å²) in [5.41, 5.74) is 2.31. The van der Waals surface area contributed by atoms with Crippen molar-refractivity contribution in [3.8, 4) is 0 Å². The van der Waals surface area contributed by atoms with Crippen LogP contribution in [0.4, 0.5) is 0 Å². The van der Waals surface area contributed by atoms with Crippen molar-refractivity contribution in [2.75, 3.05) is 0 Å². The first-order valence-electron chi connectivity index (χ1n) is 5.41. The van der Waals surface area contributed by atoms with E-state index in [0.717, 1.165) is 5.69 Å². The van der Waals surface area contributed by atoms with E-state index in [1.807, 2.05) is 6.92 Å². The van der Waals surface area contributed by atoms with Crippen molar-refractivity contribution in [1.82, 2.24) is 9.55 Å². The SMILES string of the molecule is Cc1nc(Cl)n(C2CCCCC2)c1C. The molecular weight excluding hydrogens is 196 g/mol. The molecule has 3 heteroatoms. The van der Waals surface area contributed by atoms with E-state index >= 15 is 0 Å². The molecule has 14 heavy (non-hydrogen) atoms. The van der Waals surface area contributed by atoms with Crippen LogP contribution in [0.3, 0.4) is 0 Å². The molecule has 0 radical (unpaired) electrons. The van der Waals surface area contributed by atoms with Gasteiger partial charge >= 0.3 is 0 Å². The lowest BCUT2D eigenvalue weighted by atomic mass is 9.95. The molecule has 0 bridgehead atoms. The van der Waals surface area contributed by atoms with Crippen molar-refractivity contribution < 1.29 is 0 Å². The number of halogens is 1. The minimum absolute atomic E-state index is 0.595. The van der Waals surface area contributed by atoms with Gasteiger partial charge in [-0.3, -0.25) is 0 Å². The third kappa shape index (κ3) is 1.68. The van der Waals surface area contributed by atoms with E-state index < -0.39 is 0 Å². The van der Waals surface area contributed by atoms with Crippen molar-refractivity contribution >= 4 is 11.6 Å². The van der Waals surface area contributed by atoms with Gasteiger partial charge in [0, 0.05) is 11.7 Å². The third-order valence-corrected chi connectivity index (χ3v) is 3.55. The number of imidazole rings is 1. The van der Waals surface area contributed by atoms with Crippen LogP contribution >= 0.6 is 11.6 Å². The Labute approximate surface area is 90.3 Å². The highest BCUT2D eigenvalue weighted by Crippen LogP contribution is 2.32. The van der Waals surface area contributed by atoms with E-state index in [9.17, 15) is 0 Å². The highest BCUT2D eigenvalue weighted by atomic mass is 35.5. The molecule has 2 nitrogen and oxygen atoms in total. The smallest absolute Gasteiger partial charge is 0.203 e. The van der Waals surface area contributed by atoms with Crippen molar-refractivity contribution in [3.05, 3.63) is 16.7 Å². The first kappa shape index (κ1) is 10.0. The Morgan fingerprint density at radius 3 is 2.36 bits per heavy atom. The molecule has 0 N–H and O–H groups in total. The first-order valence-corrected chi connectivity index (χ1v) is 5.79. The van der Waals surface area contributed by atoms with Gasteiger partial charge in [-0.2, -0.15) is 0 Å². The van der Waals surface area contributed by atoms with E-state index in [2.05, 4.69) is 16.5 Å². The van der Waals surface area contributed by atoms with Gasteiger partial charge in [-0.05, 0) is 38.3 Å². The summed E-state index contributed by atoms with van der Waals surface area (Å²) in [7, 11) is 0. The molecule has 0 aromatic carbocycles. The molecule has 0 atom stereocenters. The van der Waals surface area contributed by atoms with Crippen molar-refractivity contribution in [2.45, 2.75) is 52.0 Å². The summed E-state index contributed by atoms with van der Waals surface area (Å²) < 4.78 is 2.22. The van der Waals surface area contributed by atoms with E-state index in [1.165, 1.54) is 37.8 Å². The Kier molecular flexibility index (Phi) is 2.82. The molecule has 1 aliphatic carbocycles. The van der Waals surface area contributed by atoms with Crippen LogP contribution in [-0.4, -0.2) is 9.55 Å². The Bertz CT molecular complexity index is 324. The highest BCUT2D eigenvalue weighted by molar-refractivity contribution is 6.28. The second-order valence-corrected chi connectivity index (χ2v) is 4.55. The maximum atomic E-state index is 6.14. The maximum absolute atomic E-state index is 6.14. The van der Waals surface area contributed by atoms with E-state index in [0.29, 0.717) is 11.3 Å². The fourth-order valence-electron chi connectivity index (χ4n) is 2.35. The van der Waals surface area contributed by atoms with Gasteiger partial charge in [0.05, 0.1) is 5.69 Å². The Morgan fingerprint density at radius 1 is 1.21 bits per heavy atom. The zero-order valence-corrected chi connectivity index (χ0v) is 9.64. The number of hydrogen-bond donors (Lipinski definition) is 0. The van der Waals surface area contributed by atoms with Crippen LogP contribution in [0.25, 0.3) is 0 Å². The Morgan fingerprint density at radius 2 is 1.86 bits per heavy atom. The van der Waals surface area contributed by atoms with Crippen LogP contribution in [0.5, 0.6) is 0 Å². The lowest BCUT2D eigenvalue weighted by molar-refractivity contribution is 0.349. The molecule has 1 aromatic heterocycles. The van der Waals surface area contributed by atoms with Gasteiger partial charge in [-0.1, -0.05) is 19.3 Å². The van der Waals surface area contributed by atoms with Crippen LogP contribution in [-0.2, 0) is 0 Å². The Hall–Kier alpha value is -0.500. The van der Waals surface area contributed by atoms with Gasteiger partial charge in [0.2, 0.25) is 5.28 Å². The minimum atomic E-state index is 0.595. The monoisotopic (exact) mass is 212 g/mol. The van der Waals surface area contributed by atoms with Crippen LogP contribution in [0.15, 0.2) is 0 Å². The average molecular weight is 213 g/mol. The molecule has 1 aliphatic rings. The van der Waals surface area contributed by atoms with E-state index in [4.69, 9.17) is 11.6 Å². The summed E-state index contributed by atoms with van der Waals surface area (Å²) in [5.74, 6) is 0. The summed E-state index contributed by atoms with van der Waals surface area (Å²) in [4.78, 5) is 4.31. The molecule has 1 heterocycles. The maximum Gasteiger partial charge on any atom is 0.203 e. The van der Waals surface area contributed by atoms with E-state index in [1.54, 1.807) is 0 Å². The highest BCUT2D eigenvalue weighted by Gasteiger charge is 2.20. The van der Waals surface area contributed by atoms with Crippen LogP contribution < -0.4 is 0 Å². The number of aryl methyl sites for hydroxylation is 1. The van der Waals surface area contributed by atoms with Gasteiger partial charge < -0.3 is 4.57 Å². The van der Waals surface area contributed by atoms with Gasteiger partial charge in [0.25, 0.3) is 0 Å². The van der Waals surface area contributed by atoms with Gasteiger partial charge in [0.15, 0.2) is 0 Å². The lowest BCUT2D eigenvalue weighted by Gasteiger charge is -2.24. The number of hydrogen-bond acceptors (Lipinski definition) is 1. The zero-order chi connectivity index (χ0) is 10.1. The molecule has 0 saturated heterocycles. The molecule has 78 valence electrons. The molecule has 0 unspecified atom stereocenters. The van der Waals surface area contributed by atoms with Gasteiger partial charge in [-0.25, -0.2) is 4.98 Å². The molecule has 1 aromatic rings. The fraction of sp³-hybridized carbons (Fsp3) is 0.727. The lowest BCUT2D eigenvalue weighted by Crippen LogP contribution is -2.14. The second-order valence-electron chi connectivity index (χ2n) is 4.21. The fourth-order valence-corrected chi connectivity index (χ4v) is 2.74. The van der Waals surface area contributed by atoms with Crippen LogP contribution in [0, 0.1) is 13.8 Å². The third-order valence-electron chi connectivity index (χ3n) is 3.28. The molecule has 2 rings (SSSR count). The van der Waals surface area contributed by atoms with Crippen molar-refractivity contribution in [3.63, 3.8) is 0 Å². The first-order chi connectivity index (χ1) is 6.70. The van der Waals surface area contributed by atoms with Crippen molar-refractivity contribution in [2.24, 2.45) is 0 Å². The summed E-state index contributed by atoms with van der Waals surface area (Å²) in [6.45, 7) is 4.14. The largest absolute Gasteiger partial charge is 0.316 e. The predicted molar refractivity (Wildman–Crippen MR) is 58.8 cm³/mol. The topological polar surface area (TPSA) is 17.8 Å². The summed E-state index contributed by atoms with van der Waals surface area (Å²) >= 11 is 6.14. The molecule has 0 amide bonds. The molecule has 1 saturated carbocycles. The second kappa shape index (κ2) is 3.93. The zero-order valence-electron chi connectivity index (χ0n) is 8.89. The quantitative estimate of drug-likeness (QED) is 0.695. The summed E-state index contributed by atoms with van der Waals surface area (Å²) in [6.07, 6.45) is 6.56. The van der Waals surface area contributed by atoms with Crippen molar-refractivity contribution in [1.29, 1.82) is 0 Å². The molecule has 1 fully saturated rings. The molecular formula is C11H17ClN2. The summed E-state index contributed by atoms with van der Waals surface area (Å²) in [6, 6.07) is 0.595. The van der Waals surface area contributed by atoms with E-state index in [-0.39, 0.29) is 0 Å². The standard InChI is InChI=1S/C11H17ClN2/c1-8-9(2)14(11(12)13-8)10-6-4-3-5-7-10/h10H,3-7H2,1-2H3. The molecule has 0 aliphatic heterocycles. The normalized spacial score (nSPS) is 18.8. The predicted octanol–water partition coefficient (Wildman–Crippen LogP) is 3.66. The number of aromatic nitrogens is 2. The molecule has 0 spiro atoms. The average Bonchev–Trinajstić information content (AvgIpc) is 2.43. The van der Waals surface area contributed by atoms with Crippen LogP contribution in [0.1, 0.15) is 49.5 Å². The summed E-state index contributed by atoms with van der Waals surface area (Å²) in [5, 5.41) is 0.673. The number of nitrogens with zero attached hydrogens (tertiary/aromatic N) is 2. The van der Waals surface area contributed by atoms with Gasteiger partial charge in [-0.15, -0.1) is 0 Å². The minimum Gasteiger partial charge on any atom is -0.316 e. The number of rotatable bonds is 1. The Balaban J connectivity index is 2.29.